The van der Waals surface area contributed by atoms with Gasteiger partial charge in [0.2, 0.25) is 0 Å². The minimum atomic E-state index is 1.13. The van der Waals surface area contributed by atoms with Crippen LogP contribution in [0.5, 0.6) is 0 Å². The van der Waals surface area contributed by atoms with E-state index in [1.165, 1.54) is 110 Å². The van der Waals surface area contributed by atoms with E-state index < -0.39 is 0 Å². The molecule has 0 atom stereocenters. The van der Waals surface area contributed by atoms with Gasteiger partial charge in [0.05, 0.1) is 22.1 Å². The second-order valence-corrected chi connectivity index (χ2v) is 17.7. The fraction of sp³-hybridized carbons (Fsp3) is 0. The smallest absolute Gasteiger partial charge is 0.0541 e. The highest BCUT2D eigenvalue weighted by atomic mass is 15.0. The molecule has 2 nitrogen and oxygen atoms in total. The SMILES string of the molecule is c1ccc(-c2cccc(-n3c4ccc(-c5ccccc5)cc4c4cc(-c5ccc6c(c5)c5cc(-c7ccccc7)ccc5n6-c5cc(-c6ccccc6)cc(-c6ccccc6)c5)ccc43)c2)cc1. The van der Waals surface area contributed by atoms with Crippen molar-refractivity contribution in [1.29, 1.82) is 0 Å². The maximum absolute atomic E-state index is 2.47. The molecular formula is C66H44N2. The lowest BCUT2D eigenvalue weighted by atomic mass is 9.98. The Morgan fingerprint density at radius 1 is 0.162 bits per heavy atom. The first-order valence-corrected chi connectivity index (χ1v) is 23.4. The molecule has 0 aliphatic carbocycles. The van der Waals surface area contributed by atoms with E-state index in [-0.39, 0.29) is 0 Å². The van der Waals surface area contributed by atoms with E-state index in [1.807, 2.05) is 0 Å². The predicted octanol–water partition coefficient (Wildman–Crippen LogP) is 17.9. The van der Waals surface area contributed by atoms with Crippen molar-refractivity contribution in [3.05, 3.63) is 267 Å². The van der Waals surface area contributed by atoms with Gasteiger partial charge in [-0.15, -0.1) is 0 Å². The first-order chi connectivity index (χ1) is 33.7. The average molecular weight is 865 g/mol. The highest BCUT2D eigenvalue weighted by molar-refractivity contribution is 6.14. The summed E-state index contributed by atoms with van der Waals surface area (Å²) in [5, 5.41) is 4.89. The second kappa shape index (κ2) is 16.5. The molecule has 0 saturated carbocycles. The van der Waals surface area contributed by atoms with Gasteiger partial charge in [0.15, 0.2) is 0 Å². The quantitative estimate of drug-likeness (QED) is 0.144. The van der Waals surface area contributed by atoms with Crippen LogP contribution in [0, 0.1) is 0 Å². The molecule has 13 aromatic rings. The molecule has 0 aliphatic heterocycles. The monoisotopic (exact) mass is 864 g/mol. The van der Waals surface area contributed by atoms with Gasteiger partial charge < -0.3 is 9.13 Å². The van der Waals surface area contributed by atoms with Crippen molar-refractivity contribution in [2.45, 2.75) is 0 Å². The molecular weight excluding hydrogens is 821 g/mol. The molecule has 0 aliphatic rings. The third kappa shape index (κ3) is 6.90. The van der Waals surface area contributed by atoms with Crippen molar-refractivity contribution in [2.24, 2.45) is 0 Å². The number of hydrogen-bond donors (Lipinski definition) is 0. The summed E-state index contributed by atoms with van der Waals surface area (Å²) in [4.78, 5) is 0. The predicted molar refractivity (Wildman–Crippen MR) is 288 cm³/mol. The van der Waals surface area contributed by atoms with Gasteiger partial charge in [0.1, 0.15) is 0 Å². The maximum atomic E-state index is 2.47. The first-order valence-electron chi connectivity index (χ1n) is 23.4. The molecule has 0 unspecified atom stereocenters. The minimum absolute atomic E-state index is 1.13. The summed E-state index contributed by atoms with van der Waals surface area (Å²) in [5.74, 6) is 0. The molecule has 2 heterocycles. The van der Waals surface area contributed by atoms with Crippen molar-refractivity contribution >= 4 is 43.6 Å². The molecule has 0 fully saturated rings. The molecule has 2 heteroatoms. The van der Waals surface area contributed by atoms with Crippen LogP contribution in [0.1, 0.15) is 0 Å². The summed E-state index contributed by atoms with van der Waals surface area (Å²) in [7, 11) is 0. The summed E-state index contributed by atoms with van der Waals surface area (Å²) in [5.41, 5.74) is 21.3. The topological polar surface area (TPSA) is 9.86 Å². The van der Waals surface area contributed by atoms with E-state index in [0.29, 0.717) is 0 Å². The lowest BCUT2D eigenvalue weighted by molar-refractivity contribution is 1.18. The van der Waals surface area contributed by atoms with Gasteiger partial charge in [-0.25, -0.2) is 0 Å². The number of hydrogen-bond acceptors (Lipinski definition) is 0. The Labute approximate surface area is 395 Å². The Hall–Kier alpha value is -8.98. The third-order valence-corrected chi connectivity index (χ3v) is 13.7. The van der Waals surface area contributed by atoms with Crippen LogP contribution in [-0.4, -0.2) is 9.13 Å². The van der Waals surface area contributed by atoms with E-state index in [2.05, 4.69) is 276 Å². The third-order valence-electron chi connectivity index (χ3n) is 13.7. The van der Waals surface area contributed by atoms with Crippen LogP contribution in [0.25, 0.3) is 122 Å². The van der Waals surface area contributed by atoms with E-state index in [0.717, 1.165) is 11.4 Å². The van der Waals surface area contributed by atoms with E-state index in [4.69, 9.17) is 0 Å². The normalized spacial score (nSPS) is 11.5. The first kappa shape index (κ1) is 39.4. The van der Waals surface area contributed by atoms with Gasteiger partial charge in [-0.2, -0.15) is 0 Å². The van der Waals surface area contributed by atoms with Crippen molar-refractivity contribution in [3.8, 4) is 78.1 Å². The van der Waals surface area contributed by atoms with Crippen molar-refractivity contribution in [1.82, 2.24) is 9.13 Å². The Morgan fingerprint density at radius 3 is 0.779 bits per heavy atom. The van der Waals surface area contributed by atoms with Gasteiger partial charge in [0, 0.05) is 32.9 Å². The number of rotatable bonds is 8. The van der Waals surface area contributed by atoms with E-state index in [1.54, 1.807) is 0 Å². The molecule has 68 heavy (non-hydrogen) atoms. The molecule has 0 radical (unpaired) electrons. The summed E-state index contributed by atoms with van der Waals surface area (Å²) < 4.78 is 4.90. The van der Waals surface area contributed by atoms with Gasteiger partial charge in [-0.3, -0.25) is 0 Å². The van der Waals surface area contributed by atoms with Crippen molar-refractivity contribution < 1.29 is 0 Å². The van der Waals surface area contributed by atoms with Crippen LogP contribution in [0.4, 0.5) is 0 Å². The van der Waals surface area contributed by atoms with Crippen molar-refractivity contribution in [2.75, 3.05) is 0 Å². The van der Waals surface area contributed by atoms with Crippen molar-refractivity contribution in [3.63, 3.8) is 0 Å². The number of benzene rings is 11. The van der Waals surface area contributed by atoms with E-state index >= 15 is 0 Å². The van der Waals surface area contributed by atoms with Crippen LogP contribution in [-0.2, 0) is 0 Å². The summed E-state index contributed by atoms with van der Waals surface area (Å²) in [6.45, 7) is 0. The standard InChI is InChI=1S/C66H44N2/c1-6-17-45(18-7-1)50-27-16-28-57(38-50)67-63-33-29-51(46-19-8-2-9-20-46)41-59(63)61-43-53(31-35-64(61)67)54-32-36-66-62(44-54)60-42-52(47-21-10-3-11-22-47)30-34-65(60)68(66)58-39-55(48-23-12-4-13-24-48)37-56(40-58)49-25-14-5-15-26-49/h1-44H. The fourth-order valence-corrected chi connectivity index (χ4v) is 10.4. The Kier molecular flexibility index (Phi) is 9.54. The molecule has 0 bridgehead atoms. The zero-order valence-corrected chi connectivity index (χ0v) is 37.3. The lowest BCUT2D eigenvalue weighted by Gasteiger charge is -2.14. The Bertz CT molecular complexity index is 3920. The molecule has 318 valence electrons. The fourth-order valence-electron chi connectivity index (χ4n) is 10.4. The highest BCUT2D eigenvalue weighted by Gasteiger charge is 2.19. The van der Waals surface area contributed by atoms with Gasteiger partial charge in [-0.05, 0) is 146 Å². The van der Waals surface area contributed by atoms with Crippen LogP contribution >= 0.6 is 0 Å². The van der Waals surface area contributed by atoms with Crippen LogP contribution in [0.3, 0.4) is 0 Å². The number of fused-ring (bicyclic) bond motifs is 6. The van der Waals surface area contributed by atoms with Crippen LogP contribution in [0.15, 0.2) is 267 Å². The number of aromatic nitrogens is 2. The molecule has 0 N–H and O–H groups in total. The lowest BCUT2D eigenvalue weighted by Crippen LogP contribution is -1.96. The second-order valence-electron chi connectivity index (χ2n) is 17.7. The highest BCUT2D eigenvalue weighted by Crippen LogP contribution is 2.42. The molecule has 0 spiro atoms. The zero-order chi connectivity index (χ0) is 45.0. The number of nitrogens with zero attached hydrogens (tertiary/aromatic N) is 2. The summed E-state index contributed by atoms with van der Waals surface area (Å²) in [6.07, 6.45) is 0. The van der Waals surface area contributed by atoms with Crippen LogP contribution < -0.4 is 0 Å². The molecule has 2 aromatic heterocycles. The van der Waals surface area contributed by atoms with Gasteiger partial charge in [0.25, 0.3) is 0 Å². The van der Waals surface area contributed by atoms with Crippen LogP contribution in [0.2, 0.25) is 0 Å². The molecule has 0 saturated heterocycles. The molecule has 13 rings (SSSR count). The van der Waals surface area contributed by atoms with E-state index in [9.17, 15) is 0 Å². The zero-order valence-electron chi connectivity index (χ0n) is 37.3. The maximum Gasteiger partial charge on any atom is 0.0541 e. The Balaban J connectivity index is 1.02. The Morgan fingerprint density at radius 2 is 0.426 bits per heavy atom. The largest absolute Gasteiger partial charge is 0.309 e. The summed E-state index contributed by atoms with van der Waals surface area (Å²) in [6, 6.07) is 97.6. The minimum Gasteiger partial charge on any atom is -0.309 e. The summed E-state index contributed by atoms with van der Waals surface area (Å²) >= 11 is 0. The van der Waals surface area contributed by atoms with Gasteiger partial charge >= 0.3 is 0 Å². The van der Waals surface area contributed by atoms with Gasteiger partial charge in [-0.1, -0.05) is 188 Å². The molecule has 0 amide bonds. The molecule has 11 aromatic carbocycles. The average Bonchev–Trinajstić information content (AvgIpc) is 3.93.